The molecule has 7 atom stereocenters. The fourth-order valence-corrected chi connectivity index (χ4v) is 6.70. The van der Waals surface area contributed by atoms with Gasteiger partial charge in [0.2, 0.25) is 0 Å². The van der Waals surface area contributed by atoms with Gasteiger partial charge in [-0.3, -0.25) is 4.98 Å². The predicted molar refractivity (Wildman–Crippen MR) is 126 cm³/mol. The van der Waals surface area contributed by atoms with Crippen LogP contribution in [0.5, 0.6) is 11.5 Å². The van der Waals surface area contributed by atoms with Crippen LogP contribution in [0.1, 0.15) is 23.6 Å². The summed E-state index contributed by atoms with van der Waals surface area (Å²) >= 11 is 0. The molecule has 7 heteroatoms. The van der Waals surface area contributed by atoms with E-state index in [1.54, 1.807) is 24.5 Å². The third-order valence-electron chi connectivity index (χ3n) is 8.09. The fourth-order valence-electron chi connectivity index (χ4n) is 6.70. The average molecular weight is 460 g/mol. The number of aliphatic hydroxyl groups excluding tert-OH is 1. The molecule has 2 unspecified atom stereocenters. The van der Waals surface area contributed by atoms with Gasteiger partial charge in [-0.1, -0.05) is 43.4 Å². The van der Waals surface area contributed by atoms with Crippen LogP contribution < -0.4 is 15.2 Å². The molecule has 7 nitrogen and oxygen atoms in total. The molecule has 3 aliphatic rings. The molecule has 2 aromatic rings. The van der Waals surface area contributed by atoms with Crippen LogP contribution in [0.4, 0.5) is 0 Å². The summed E-state index contributed by atoms with van der Waals surface area (Å²) in [6.07, 6.45) is 11.4. The maximum atomic E-state index is 12.8. The Balaban J connectivity index is 1.85. The zero-order valence-corrected chi connectivity index (χ0v) is 19.3. The van der Waals surface area contributed by atoms with Crippen LogP contribution >= 0.6 is 0 Å². The molecule has 0 radical (unpaired) electrons. The molecule has 2 aliphatic carbocycles. The lowest BCUT2D eigenvalue weighted by atomic mass is 9.65. The lowest BCUT2D eigenvalue weighted by molar-refractivity contribution is -0.143. The highest BCUT2D eigenvalue weighted by molar-refractivity contribution is 5.57. The molecule has 1 saturated carbocycles. The van der Waals surface area contributed by atoms with Crippen molar-refractivity contribution in [2.24, 2.45) is 35.3 Å². The fraction of sp³-hybridized carbons (Fsp3) is 0.407. The summed E-state index contributed by atoms with van der Waals surface area (Å²) in [4.78, 5) is 4.27. The summed E-state index contributed by atoms with van der Waals surface area (Å²) in [6, 6.07) is 9.29. The highest BCUT2D eigenvalue weighted by Gasteiger charge is 2.76. The number of methoxy groups -OCH3 is 1. The van der Waals surface area contributed by atoms with Crippen LogP contribution in [0.3, 0.4) is 0 Å². The Bertz CT molecular complexity index is 1190. The van der Waals surface area contributed by atoms with Crippen molar-refractivity contribution in [2.45, 2.75) is 18.1 Å². The van der Waals surface area contributed by atoms with Crippen LogP contribution in [-0.2, 0) is 11.2 Å². The molecular weight excluding hydrogens is 430 g/mol. The number of nitrogens with two attached hydrogens (primary N) is 1. The second-order valence-electron chi connectivity index (χ2n) is 9.43. The van der Waals surface area contributed by atoms with Crippen molar-refractivity contribution in [3.8, 4) is 17.6 Å². The number of nitrogens with zero attached hydrogens (tertiary/aromatic N) is 2. The van der Waals surface area contributed by atoms with Gasteiger partial charge in [0.05, 0.1) is 36.7 Å². The number of allylic oxidation sites excluding steroid dienone is 4. The summed E-state index contributed by atoms with van der Waals surface area (Å²) in [5.74, 6) is -0.214. The predicted octanol–water partition coefficient (Wildman–Crippen LogP) is 2.63. The van der Waals surface area contributed by atoms with Crippen LogP contribution in [0, 0.1) is 40.9 Å². The maximum Gasteiger partial charge on any atom is 0.171 e. The van der Waals surface area contributed by atoms with Crippen LogP contribution in [0.25, 0.3) is 0 Å². The Morgan fingerprint density at radius 3 is 2.56 bits per heavy atom. The van der Waals surface area contributed by atoms with Gasteiger partial charge in [0, 0.05) is 18.4 Å². The zero-order chi connectivity index (χ0) is 24.1. The Kier molecular flexibility index (Phi) is 5.48. The van der Waals surface area contributed by atoms with E-state index in [1.807, 2.05) is 24.3 Å². The first-order valence-corrected chi connectivity index (χ1v) is 11.6. The minimum absolute atomic E-state index is 0.0332. The molecular formula is C27H29N3O4. The normalized spacial score (nSPS) is 35.4. The second kappa shape index (κ2) is 8.24. The van der Waals surface area contributed by atoms with Gasteiger partial charge in [-0.05, 0) is 42.0 Å². The van der Waals surface area contributed by atoms with Gasteiger partial charge in [-0.25, -0.2) is 0 Å². The monoisotopic (exact) mass is 459 g/mol. The highest BCUT2D eigenvalue weighted by Crippen LogP contribution is 2.71. The van der Waals surface area contributed by atoms with Gasteiger partial charge < -0.3 is 25.4 Å². The van der Waals surface area contributed by atoms with E-state index in [0.717, 1.165) is 5.56 Å². The Morgan fingerprint density at radius 1 is 1.21 bits per heavy atom. The standard InChI is InChI=1S/C27H29N3O4/c1-16-5-3-4-6-19(16)24-20(15-31)21(12-29)26(32)25-22(33-2)13-30-14-23(25)34-27(24,26)18-9-7-17(11-28)8-10-18/h3-10,13-14,16,19-21,24,31-32H,12,15,29H2,1-2H3/t16?,19?,20-,21-,24+,26+,27-/m0/s1. The number of hydrogen-bond acceptors (Lipinski definition) is 7. The van der Waals surface area contributed by atoms with E-state index in [2.05, 4.69) is 30.1 Å². The number of aromatic nitrogens is 1. The molecule has 1 aliphatic heterocycles. The third-order valence-corrected chi connectivity index (χ3v) is 8.09. The third kappa shape index (κ3) is 2.76. The summed E-state index contributed by atoms with van der Waals surface area (Å²) in [5.41, 5.74) is 5.22. The molecule has 5 rings (SSSR count). The van der Waals surface area contributed by atoms with E-state index in [0.29, 0.717) is 22.6 Å². The summed E-state index contributed by atoms with van der Waals surface area (Å²) in [7, 11) is 1.53. The minimum Gasteiger partial charge on any atom is -0.495 e. The molecule has 4 N–H and O–H groups in total. The molecule has 0 spiro atoms. The first kappa shape index (κ1) is 22.6. The summed E-state index contributed by atoms with van der Waals surface area (Å²) in [5, 5.41) is 32.9. The number of aliphatic hydroxyl groups is 2. The topological polar surface area (TPSA) is 122 Å². The second-order valence-corrected chi connectivity index (χ2v) is 9.43. The number of ether oxygens (including phenoxy) is 2. The van der Waals surface area contributed by atoms with Crippen LogP contribution in [-0.4, -0.2) is 35.5 Å². The molecule has 1 aromatic heterocycles. The van der Waals surface area contributed by atoms with Gasteiger partial charge in [-0.2, -0.15) is 5.26 Å². The van der Waals surface area contributed by atoms with Gasteiger partial charge in [-0.15, -0.1) is 0 Å². The quantitative estimate of drug-likeness (QED) is 0.628. The molecule has 1 fully saturated rings. The van der Waals surface area contributed by atoms with Gasteiger partial charge in [0.1, 0.15) is 17.1 Å². The van der Waals surface area contributed by atoms with Gasteiger partial charge in [0.15, 0.2) is 5.60 Å². The van der Waals surface area contributed by atoms with Crippen LogP contribution in [0.15, 0.2) is 61.0 Å². The number of rotatable bonds is 5. The van der Waals surface area contributed by atoms with Gasteiger partial charge in [0.25, 0.3) is 0 Å². The van der Waals surface area contributed by atoms with E-state index in [9.17, 15) is 15.5 Å². The largest absolute Gasteiger partial charge is 0.495 e. The summed E-state index contributed by atoms with van der Waals surface area (Å²) < 4.78 is 12.4. The first-order chi connectivity index (χ1) is 16.5. The smallest absolute Gasteiger partial charge is 0.171 e. The number of fused-ring (bicyclic) bond motifs is 3. The van der Waals surface area contributed by atoms with E-state index < -0.39 is 17.1 Å². The van der Waals surface area contributed by atoms with Gasteiger partial charge >= 0.3 is 0 Å². The Hall–Kier alpha value is -3.18. The van der Waals surface area contributed by atoms with Crippen molar-refractivity contribution >= 4 is 0 Å². The molecule has 0 amide bonds. The molecule has 34 heavy (non-hydrogen) atoms. The number of nitriles is 1. The van der Waals surface area contributed by atoms with Crippen molar-refractivity contribution in [1.29, 1.82) is 5.26 Å². The maximum absolute atomic E-state index is 12.8. The first-order valence-electron chi connectivity index (χ1n) is 11.6. The number of pyridine rings is 1. The van der Waals surface area contributed by atoms with E-state index >= 15 is 0 Å². The van der Waals surface area contributed by atoms with E-state index in [-0.39, 0.29) is 36.8 Å². The summed E-state index contributed by atoms with van der Waals surface area (Å²) in [6.45, 7) is 2.12. The number of hydrogen-bond donors (Lipinski definition) is 3. The Labute approximate surface area is 199 Å². The highest BCUT2D eigenvalue weighted by atomic mass is 16.5. The molecule has 1 aromatic carbocycles. The molecule has 0 saturated heterocycles. The SMILES string of the molecule is COc1cncc2c1[C@]1(O)[C@@H](CN)[C@H](CO)[C@@H](C3C=CC=CC3C)[C@]1(c1ccc(C#N)cc1)O2. The van der Waals surface area contributed by atoms with Crippen molar-refractivity contribution in [3.05, 3.63) is 77.7 Å². The zero-order valence-electron chi connectivity index (χ0n) is 19.3. The molecule has 2 heterocycles. The van der Waals surface area contributed by atoms with E-state index in [1.165, 1.54) is 7.11 Å². The molecule has 176 valence electrons. The van der Waals surface area contributed by atoms with Crippen molar-refractivity contribution < 1.29 is 19.7 Å². The van der Waals surface area contributed by atoms with Crippen LogP contribution in [0.2, 0.25) is 0 Å². The minimum atomic E-state index is -1.59. The number of benzene rings is 1. The van der Waals surface area contributed by atoms with Crippen molar-refractivity contribution in [1.82, 2.24) is 4.98 Å². The lowest BCUT2D eigenvalue weighted by Gasteiger charge is -2.44. The Morgan fingerprint density at radius 2 is 1.94 bits per heavy atom. The lowest BCUT2D eigenvalue weighted by Crippen LogP contribution is -2.53. The molecule has 0 bridgehead atoms. The average Bonchev–Trinajstić information content (AvgIpc) is 3.26. The van der Waals surface area contributed by atoms with Crippen molar-refractivity contribution in [2.75, 3.05) is 20.3 Å². The van der Waals surface area contributed by atoms with Crippen molar-refractivity contribution in [3.63, 3.8) is 0 Å². The van der Waals surface area contributed by atoms with E-state index in [4.69, 9.17) is 15.2 Å².